The second-order valence-electron chi connectivity index (χ2n) is 7.50. The highest BCUT2D eigenvalue weighted by molar-refractivity contribution is 5.15. The molecule has 3 nitrogen and oxygen atoms in total. The van der Waals surface area contributed by atoms with Crippen molar-refractivity contribution in [2.24, 2.45) is 23.7 Å². The van der Waals surface area contributed by atoms with Crippen LogP contribution in [0.2, 0.25) is 0 Å². The largest absolute Gasteiger partial charge is 0.246 e. The topological polar surface area (TPSA) is 30.7 Å². The lowest BCUT2D eigenvalue weighted by Crippen LogP contribution is -2.12. The van der Waals surface area contributed by atoms with Crippen LogP contribution in [0.4, 0.5) is 0 Å². The molecule has 1 aromatic heterocycles. The molecule has 0 spiro atoms. The third kappa shape index (κ3) is 2.89. The number of hydrogen-bond acceptors (Lipinski definition) is 2. The van der Waals surface area contributed by atoms with E-state index >= 15 is 0 Å². The van der Waals surface area contributed by atoms with Crippen molar-refractivity contribution in [1.29, 1.82) is 0 Å². The van der Waals surface area contributed by atoms with Crippen LogP contribution in [0, 0.1) is 23.7 Å². The number of rotatable bonds is 5. The maximum atomic E-state index is 4.50. The molecular formula is C18H31N3. The van der Waals surface area contributed by atoms with E-state index in [9.17, 15) is 0 Å². The first-order valence-corrected chi connectivity index (χ1v) is 9.08. The van der Waals surface area contributed by atoms with E-state index in [2.05, 4.69) is 42.7 Å². The molecule has 1 saturated carbocycles. The number of fused-ring (bicyclic) bond motifs is 2. The van der Waals surface area contributed by atoms with Gasteiger partial charge in [0, 0.05) is 0 Å². The van der Waals surface area contributed by atoms with E-state index in [0.717, 1.165) is 36.5 Å². The van der Waals surface area contributed by atoms with Crippen molar-refractivity contribution in [2.75, 3.05) is 0 Å². The van der Waals surface area contributed by atoms with Gasteiger partial charge < -0.3 is 0 Å². The van der Waals surface area contributed by atoms with Gasteiger partial charge in [0.15, 0.2) is 0 Å². The minimum absolute atomic E-state index is 0.492. The quantitative estimate of drug-likeness (QED) is 0.803. The van der Waals surface area contributed by atoms with E-state index in [0.29, 0.717) is 6.04 Å². The molecule has 0 bridgehead atoms. The van der Waals surface area contributed by atoms with Crippen molar-refractivity contribution in [2.45, 2.75) is 78.7 Å². The number of nitrogens with zero attached hydrogens (tertiary/aromatic N) is 3. The molecule has 2 aliphatic rings. The van der Waals surface area contributed by atoms with Crippen molar-refractivity contribution in [1.82, 2.24) is 15.0 Å². The molecule has 3 rings (SSSR count). The van der Waals surface area contributed by atoms with Crippen LogP contribution in [-0.4, -0.2) is 15.0 Å². The van der Waals surface area contributed by atoms with Crippen LogP contribution in [0.3, 0.4) is 0 Å². The molecule has 1 fully saturated rings. The van der Waals surface area contributed by atoms with Gasteiger partial charge >= 0.3 is 0 Å². The fourth-order valence-corrected chi connectivity index (χ4v) is 4.29. The molecule has 118 valence electrons. The minimum Gasteiger partial charge on any atom is -0.246 e. The van der Waals surface area contributed by atoms with Crippen LogP contribution in [0.15, 0.2) is 0 Å². The summed E-state index contributed by atoms with van der Waals surface area (Å²) in [6.45, 7) is 9.25. The molecule has 0 radical (unpaired) electrons. The molecule has 3 heteroatoms. The monoisotopic (exact) mass is 289 g/mol. The summed E-state index contributed by atoms with van der Waals surface area (Å²) in [4.78, 5) is 0. The molecule has 0 amide bonds. The molecule has 1 aromatic rings. The van der Waals surface area contributed by atoms with Crippen molar-refractivity contribution in [3.8, 4) is 0 Å². The van der Waals surface area contributed by atoms with E-state index in [1.165, 1.54) is 43.5 Å². The zero-order chi connectivity index (χ0) is 15.0. The van der Waals surface area contributed by atoms with Gasteiger partial charge in [0.1, 0.15) is 0 Å². The Hall–Kier alpha value is -0.860. The Bertz CT molecular complexity index is 479. The van der Waals surface area contributed by atoms with Crippen molar-refractivity contribution < 1.29 is 0 Å². The van der Waals surface area contributed by atoms with Crippen LogP contribution in [0.25, 0.3) is 0 Å². The van der Waals surface area contributed by atoms with Crippen molar-refractivity contribution >= 4 is 0 Å². The van der Waals surface area contributed by atoms with Gasteiger partial charge in [-0.05, 0) is 69.1 Å². The summed E-state index contributed by atoms with van der Waals surface area (Å²) in [5.74, 6) is 3.89. The Morgan fingerprint density at radius 1 is 1.10 bits per heavy atom. The maximum Gasteiger partial charge on any atom is 0.0859 e. The predicted molar refractivity (Wildman–Crippen MR) is 86.2 cm³/mol. The third-order valence-corrected chi connectivity index (χ3v) is 6.19. The summed E-state index contributed by atoms with van der Waals surface area (Å²) in [5, 5.41) is 8.93. The number of aryl methyl sites for hydroxylation is 1. The Morgan fingerprint density at radius 3 is 2.48 bits per heavy atom. The van der Waals surface area contributed by atoms with Crippen LogP contribution in [0.5, 0.6) is 0 Å². The number of hydrogen-bond donors (Lipinski definition) is 0. The smallest absolute Gasteiger partial charge is 0.0859 e. The molecule has 2 aliphatic carbocycles. The van der Waals surface area contributed by atoms with E-state index in [-0.39, 0.29) is 0 Å². The normalized spacial score (nSPS) is 30.8. The van der Waals surface area contributed by atoms with Crippen molar-refractivity contribution in [3.63, 3.8) is 0 Å². The molecule has 1 heterocycles. The Kier molecular flexibility index (Phi) is 4.37. The van der Waals surface area contributed by atoms with E-state index in [1.54, 1.807) is 0 Å². The predicted octanol–water partition coefficient (Wildman–Crippen LogP) is 4.43. The van der Waals surface area contributed by atoms with Gasteiger partial charge in [0.2, 0.25) is 0 Å². The number of aromatic nitrogens is 3. The van der Waals surface area contributed by atoms with Gasteiger partial charge in [-0.15, -0.1) is 5.10 Å². The van der Waals surface area contributed by atoms with Gasteiger partial charge in [0.05, 0.1) is 17.4 Å². The second kappa shape index (κ2) is 6.10. The molecule has 5 unspecified atom stereocenters. The van der Waals surface area contributed by atoms with Crippen LogP contribution < -0.4 is 0 Å². The van der Waals surface area contributed by atoms with Crippen LogP contribution in [-0.2, 0) is 12.8 Å². The lowest BCUT2D eigenvalue weighted by atomic mass is 9.99. The first kappa shape index (κ1) is 15.1. The summed E-state index contributed by atoms with van der Waals surface area (Å²) >= 11 is 0. The molecule has 5 atom stereocenters. The summed E-state index contributed by atoms with van der Waals surface area (Å²) in [6.07, 6.45) is 8.99. The molecule has 0 N–H and O–H groups in total. The first-order valence-electron chi connectivity index (χ1n) is 9.08. The zero-order valence-electron chi connectivity index (χ0n) is 14.2. The highest BCUT2D eigenvalue weighted by atomic mass is 15.4. The standard InChI is InChI=1S/C18H31N3/c1-5-12(3)11-16-14-7-9-17-18(10-8-15(14)16)21(20-19-17)13(4)6-2/h12-16H,5-11H2,1-4H3. The lowest BCUT2D eigenvalue weighted by Gasteiger charge is -2.14. The maximum absolute atomic E-state index is 4.50. The lowest BCUT2D eigenvalue weighted by molar-refractivity contribution is 0.435. The van der Waals surface area contributed by atoms with E-state index < -0.39 is 0 Å². The highest BCUT2D eigenvalue weighted by Gasteiger charge is 2.49. The SMILES string of the molecule is CCC(C)CC1C2CCc3nnn(C(C)CC)c3CCC21. The third-order valence-electron chi connectivity index (χ3n) is 6.19. The van der Waals surface area contributed by atoms with Gasteiger partial charge in [-0.3, -0.25) is 0 Å². The fraction of sp³-hybridized carbons (Fsp3) is 0.889. The Labute approximate surface area is 129 Å². The molecule has 0 saturated heterocycles. The summed E-state index contributed by atoms with van der Waals surface area (Å²) in [6, 6.07) is 0.492. The molecule has 21 heavy (non-hydrogen) atoms. The van der Waals surface area contributed by atoms with Gasteiger partial charge in [0.25, 0.3) is 0 Å². The van der Waals surface area contributed by atoms with Crippen molar-refractivity contribution in [3.05, 3.63) is 11.4 Å². The summed E-state index contributed by atoms with van der Waals surface area (Å²) < 4.78 is 2.21. The second-order valence-corrected chi connectivity index (χ2v) is 7.50. The summed E-state index contributed by atoms with van der Waals surface area (Å²) in [7, 11) is 0. The summed E-state index contributed by atoms with van der Waals surface area (Å²) in [5.41, 5.74) is 2.74. The van der Waals surface area contributed by atoms with Gasteiger partial charge in [-0.25, -0.2) is 4.68 Å². The molecular weight excluding hydrogens is 258 g/mol. The molecule has 0 aliphatic heterocycles. The molecule has 0 aromatic carbocycles. The Morgan fingerprint density at radius 2 is 1.81 bits per heavy atom. The van der Waals surface area contributed by atoms with Gasteiger partial charge in [-0.2, -0.15) is 0 Å². The average molecular weight is 289 g/mol. The van der Waals surface area contributed by atoms with Gasteiger partial charge in [-0.1, -0.05) is 32.4 Å². The van der Waals surface area contributed by atoms with Crippen LogP contribution in [0.1, 0.15) is 77.2 Å². The zero-order valence-corrected chi connectivity index (χ0v) is 14.2. The van der Waals surface area contributed by atoms with E-state index in [1.807, 2.05) is 0 Å². The Balaban J connectivity index is 1.68. The minimum atomic E-state index is 0.492. The van der Waals surface area contributed by atoms with E-state index in [4.69, 9.17) is 0 Å². The first-order chi connectivity index (χ1) is 10.2. The fourth-order valence-electron chi connectivity index (χ4n) is 4.29. The highest BCUT2D eigenvalue weighted by Crippen LogP contribution is 2.55. The van der Waals surface area contributed by atoms with Crippen LogP contribution >= 0.6 is 0 Å². The average Bonchev–Trinajstić information content (AvgIpc) is 2.94.